The molecule has 1 saturated carbocycles. The summed E-state index contributed by atoms with van der Waals surface area (Å²) in [6.45, 7) is 2.14. The van der Waals surface area contributed by atoms with Crippen LogP contribution in [0.5, 0.6) is 0 Å². The van der Waals surface area contributed by atoms with Gasteiger partial charge in [-0.05, 0) is 102 Å². The summed E-state index contributed by atoms with van der Waals surface area (Å²) in [5, 5.41) is 7.89. The van der Waals surface area contributed by atoms with Crippen LogP contribution in [0.25, 0.3) is 5.57 Å². The smallest absolute Gasteiger partial charge is 0.163 e. The van der Waals surface area contributed by atoms with Gasteiger partial charge in [-0.2, -0.15) is 11.3 Å². The van der Waals surface area contributed by atoms with E-state index in [9.17, 15) is 4.79 Å². The van der Waals surface area contributed by atoms with Crippen molar-refractivity contribution < 1.29 is 4.79 Å². The van der Waals surface area contributed by atoms with Crippen molar-refractivity contribution in [3.63, 3.8) is 0 Å². The number of hydrogen-bond donors (Lipinski definition) is 1. The Morgan fingerprint density at radius 3 is 2.96 bits per heavy atom. The number of carbonyl (C=O) groups excluding carboxylic acids is 1. The quantitative estimate of drug-likeness (QED) is 0.779. The van der Waals surface area contributed by atoms with Gasteiger partial charge in [0, 0.05) is 12.0 Å². The first-order chi connectivity index (χ1) is 12.8. The summed E-state index contributed by atoms with van der Waals surface area (Å²) in [6.07, 6.45) is 7.94. The third kappa shape index (κ3) is 2.87. The number of hydrogen-bond acceptors (Lipinski definition) is 3. The molecule has 3 aliphatic rings. The molecule has 0 bridgehead atoms. The maximum absolute atomic E-state index is 13.0. The highest BCUT2D eigenvalue weighted by Crippen LogP contribution is 2.44. The van der Waals surface area contributed by atoms with Gasteiger partial charge in [0.05, 0.1) is 0 Å². The fourth-order valence-electron chi connectivity index (χ4n) is 5.09. The number of Topliss-reactive ketones (excluding diaryl/α,β-unsaturated/α-hetero) is 1. The minimum absolute atomic E-state index is 0.330. The van der Waals surface area contributed by atoms with Crippen LogP contribution in [-0.2, 0) is 6.42 Å². The molecule has 3 atom stereocenters. The second kappa shape index (κ2) is 6.79. The Morgan fingerprint density at radius 2 is 2.15 bits per heavy atom. The number of thiophene rings is 1. The predicted octanol–water partition coefficient (Wildman–Crippen LogP) is 4.94. The first-order valence-corrected chi connectivity index (χ1v) is 10.8. The van der Waals surface area contributed by atoms with Crippen LogP contribution in [-0.4, -0.2) is 18.9 Å². The SMILES string of the molecule is O=C(C[C@H]1CNCCC2CCC21)c1ccc2c(c1)CC=C2c1ccsc1. The van der Waals surface area contributed by atoms with E-state index in [1.165, 1.54) is 41.5 Å². The molecule has 1 aliphatic heterocycles. The fraction of sp³-hybridized carbons (Fsp3) is 0.435. The number of allylic oxidation sites excluding steroid dienone is 1. The van der Waals surface area contributed by atoms with Crippen molar-refractivity contribution in [1.29, 1.82) is 0 Å². The average molecular weight is 364 g/mol. The summed E-state index contributed by atoms with van der Waals surface area (Å²) >= 11 is 1.74. The molecule has 0 radical (unpaired) electrons. The molecule has 2 fully saturated rings. The lowest BCUT2D eigenvalue weighted by Gasteiger charge is -2.40. The Hall–Kier alpha value is -1.71. The third-order valence-electron chi connectivity index (χ3n) is 6.70. The van der Waals surface area contributed by atoms with Crippen LogP contribution in [0, 0.1) is 17.8 Å². The monoisotopic (exact) mass is 363 g/mol. The van der Waals surface area contributed by atoms with Crippen molar-refractivity contribution in [2.45, 2.75) is 32.1 Å². The molecule has 134 valence electrons. The van der Waals surface area contributed by atoms with Crippen molar-refractivity contribution in [1.82, 2.24) is 5.32 Å². The second-order valence-electron chi connectivity index (χ2n) is 8.09. The number of nitrogens with one attached hydrogen (secondary N) is 1. The molecule has 1 aromatic heterocycles. The fourth-order valence-corrected chi connectivity index (χ4v) is 5.75. The van der Waals surface area contributed by atoms with E-state index in [1.54, 1.807) is 11.3 Å². The zero-order valence-electron chi connectivity index (χ0n) is 15.0. The predicted molar refractivity (Wildman–Crippen MR) is 108 cm³/mol. The van der Waals surface area contributed by atoms with E-state index in [4.69, 9.17) is 0 Å². The van der Waals surface area contributed by atoms with E-state index >= 15 is 0 Å². The first kappa shape index (κ1) is 16.5. The van der Waals surface area contributed by atoms with E-state index in [0.717, 1.165) is 36.9 Å². The molecule has 0 spiro atoms. The lowest BCUT2D eigenvalue weighted by molar-refractivity contribution is 0.0817. The van der Waals surface area contributed by atoms with Crippen molar-refractivity contribution in [2.24, 2.45) is 17.8 Å². The van der Waals surface area contributed by atoms with Gasteiger partial charge in [-0.3, -0.25) is 4.79 Å². The molecule has 0 amide bonds. The zero-order valence-corrected chi connectivity index (χ0v) is 15.9. The Labute approximate surface area is 159 Å². The Bertz CT molecular complexity index is 851. The number of ketones is 1. The average Bonchev–Trinajstić information content (AvgIpc) is 3.26. The third-order valence-corrected chi connectivity index (χ3v) is 7.39. The summed E-state index contributed by atoms with van der Waals surface area (Å²) in [6, 6.07) is 8.54. The topological polar surface area (TPSA) is 29.1 Å². The van der Waals surface area contributed by atoms with Crippen LogP contribution < -0.4 is 5.32 Å². The highest BCUT2D eigenvalue weighted by atomic mass is 32.1. The summed E-state index contributed by atoms with van der Waals surface area (Å²) in [7, 11) is 0. The lowest BCUT2D eigenvalue weighted by Crippen LogP contribution is -2.34. The van der Waals surface area contributed by atoms with Crippen molar-refractivity contribution >= 4 is 22.7 Å². The van der Waals surface area contributed by atoms with Gasteiger partial charge < -0.3 is 5.32 Å². The number of rotatable bonds is 4. The molecular formula is C23H25NOS. The van der Waals surface area contributed by atoms with E-state index in [0.29, 0.717) is 18.1 Å². The Morgan fingerprint density at radius 1 is 1.19 bits per heavy atom. The maximum atomic E-state index is 13.0. The van der Waals surface area contributed by atoms with E-state index in [1.807, 2.05) is 0 Å². The highest BCUT2D eigenvalue weighted by molar-refractivity contribution is 7.08. The van der Waals surface area contributed by atoms with Gasteiger partial charge in [0.25, 0.3) is 0 Å². The van der Waals surface area contributed by atoms with Gasteiger partial charge in [0.1, 0.15) is 0 Å². The summed E-state index contributed by atoms with van der Waals surface area (Å²) < 4.78 is 0. The van der Waals surface area contributed by atoms with Crippen LogP contribution in [0.2, 0.25) is 0 Å². The normalized spacial score (nSPS) is 27.1. The number of benzene rings is 1. The van der Waals surface area contributed by atoms with Crippen molar-refractivity contribution in [3.8, 4) is 0 Å². The Kier molecular flexibility index (Phi) is 4.30. The van der Waals surface area contributed by atoms with Gasteiger partial charge in [0.2, 0.25) is 0 Å². The van der Waals surface area contributed by atoms with Crippen LogP contribution >= 0.6 is 11.3 Å². The summed E-state index contributed by atoms with van der Waals surface area (Å²) in [4.78, 5) is 13.0. The van der Waals surface area contributed by atoms with Crippen molar-refractivity contribution in [3.05, 3.63) is 63.4 Å². The van der Waals surface area contributed by atoms with Crippen molar-refractivity contribution in [2.75, 3.05) is 13.1 Å². The number of carbonyl (C=O) groups is 1. The largest absolute Gasteiger partial charge is 0.316 e. The van der Waals surface area contributed by atoms with Gasteiger partial charge in [-0.1, -0.05) is 18.2 Å². The maximum Gasteiger partial charge on any atom is 0.163 e. The van der Waals surface area contributed by atoms with Gasteiger partial charge >= 0.3 is 0 Å². The van der Waals surface area contributed by atoms with Crippen LogP contribution in [0.15, 0.2) is 41.1 Å². The van der Waals surface area contributed by atoms with Gasteiger partial charge in [-0.15, -0.1) is 0 Å². The molecule has 2 heterocycles. The molecule has 2 aliphatic carbocycles. The Balaban J connectivity index is 1.33. The first-order valence-electron chi connectivity index (χ1n) is 9.89. The molecule has 26 heavy (non-hydrogen) atoms. The van der Waals surface area contributed by atoms with Gasteiger partial charge in [-0.25, -0.2) is 0 Å². The summed E-state index contributed by atoms with van der Waals surface area (Å²) in [5.41, 5.74) is 6.13. The lowest BCUT2D eigenvalue weighted by atomic mass is 9.65. The second-order valence-corrected chi connectivity index (χ2v) is 8.87. The van der Waals surface area contributed by atoms with Crippen LogP contribution in [0.3, 0.4) is 0 Å². The molecular weight excluding hydrogens is 338 g/mol. The van der Waals surface area contributed by atoms with E-state index < -0.39 is 0 Å². The van der Waals surface area contributed by atoms with E-state index in [2.05, 4.69) is 46.4 Å². The molecule has 5 rings (SSSR count). The molecule has 3 heteroatoms. The number of fused-ring (bicyclic) bond motifs is 2. The van der Waals surface area contributed by atoms with Crippen LogP contribution in [0.1, 0.15) is 52.7 Å². The molecule has 1 aromatic carbocycles. The molecule has 1 saturated heterocycles. The van der Waals surface area contributed by atoms with Gasteiger partial charge in [0.15, 0.2) is 5.78 Å². The van der Waals surface area contributed by atoms with E-state index in [-0.39, 0.29) is 0 Å². The minimum atomic E-state index is 0.330. The zero-order chi connectivity index (χ0) is 17.5. The molecule has 2 nitrogen and oxygen atoms in total. The molecule has 2 unspecified atom stereocenters. The standard InChI is InChI=1S/C23H25NOS/c25-23(12-19-13-24-9-7-15-1-4-20(15)19)17-3-6-21-16(11-17)2-5-22(21)18-8-10-26-14-18/h3,5-6,8,10-11,14-15,19-20,24H,1-2,4,7,9,12-13H2/t15?,19-,20?/m0/s1. The highest BCUT2D eigenvalue weighted by Gasteiger charge is 2.38. The minimum Gasteiger partial charge on any atom is -0.316 e. The molecule has 1 N–H and O–H groups in total. The molecule has 2 aromatic rings. The summed E-state index contributed by atoms with van der Waals surface area (Å²) in [5.74, 6) is 2.49. The van der Waals surface area contributed by atoms with Crippen LogP contribution in [0.4, 0.5) is 0 Å².